The molecule has 5 nitrogen and oxygen atoms in total. The van der Waals surface area contributed by atoms with Gasteiger partial charge in [0.1, 0.15) is 10.8 Å². The lowest BCUT2D eigenvalue weighted by Gasteiger charge is -2.09. The van der Waals surface area contributed by atoms with Gasteiger partial charge >= 0.3 is 5.97 Å². The van der Waals surface area contributed by atoms with Gasteiger partial charge < -0.3 is 14.8 Å². The van der Waals surface area contributed by atoms with Gasteiger partial charge in [-0.05, 0) is 54.4 Å². The van der Waals surface area contributed by atoms with Gasteiger partial charge in [-0.3, -0.25) is 4.79 Å². The van der Waals surface area contributed by atoms with E-state index in [1.54, 1.807) is 13.0 Å². The highest BCUT2D eigenvalue weighted by Gasteiger charge is 2.22. The van der Waals surface area contributed by atoms with Crippen molar-refractivity contribution >= 4 is 44.1 Å². The Balaban J connectivity index is 2.08. The predicted octanol–water partition coefficient (Wildman–Crippen LogP) is 4.32. The molecule has 0 fully saturated rings. The van der Waals surface area contributed by atoms with Crippen molar-refractivity contribution in [3.8, 4) is 5.75 Å². The molecule has 0 aliphatic heterocycles. The summed E-state index contributed by atoms with van der Waals surface area (Å²) in [5.41, 5.74) is 1.23. The Bertz CT molecular complexity index is 757. The lowest BCUT2D eigenvalue weighted by molar-refractivity contribution is -0.118. The van der Waals surface area contributed by atoms with E-state index in [0.29, 0.717) is 16.3 Å². The van der Waals surface area contributed by atoms with Crippen molar-refractivity contribution in [2.75, 3.05) is 18.5 Å². The number of aryl methyl sites for hydroxylation is 1. The Kier molecular flexibility index (Phi) is 6.39. The molecule has 2 aromatic rings. The van der Waals surface area contributed by atoms with Crippen molar-refractivity contribution < 1.29 is 19.1 Å². The number of hydrogen-bond donors (Lipinski definition) is 1. The molecule has 1 amide bonds. The van der Waals surface area contributed by atoms with Crippen molar-refractivity contribution in [3.05, 3.63) is 44.7 Å². The number of esters is 1. The van der Waals surface area contributed by atoms with E-state index in [1.165, 1.54) is 11.3 Å². The first-order chi connectivity index (χ1) is 11.4. The lowest BCUT2D eigenvalue weighted by Crippen LogP contribution is -2.21. The minimum atomic E-state index is -0.429. The Hall–Kier alpha value is -1.86. The third-order valence-corrected chi connectivity index (χ3v) is 5.09. The van der Waals surface area contributed by atoms with Crippen LogP contribution in [0, 0.1) is 13.8 Å². The quantitative estimate of drug-likeness (QED) is 0.718. The number of benzene rings is 1. The molecule has 0 bridgehead atoms. The zero-order valence-electron chi connectivity index (χ0n) is 13.6. The largest absolute Gasteiger partial charge is 0.483 e. The van der Waals surface area contributed by atoms with Crippen LogP contribution in [0.15, 0.2) is 28.7 Å². The number of anilines is 1. The highest BCUT2D eigenvalue weighted by molar-refractivity contribution is 9.10. The maximum absolute atomic E-state index is 12.2. The van der Waals surface area contributed by atoms with Crippen molar-refractivity contribution in [1.82, 2.24) is 0 Å². The van der Waals surface area contributed by atoms with Crippen molar-refractivity contribution in [1.29, 1.82) is 0 Å². The summed E-state index contributed by atoms with van der Waals surface area (Å²) in [6.45, 7) is 5.62. The number of carbonyl (C=O) groups excluding carboxylic acids is 2. The maximum Gasteiger partial charge on any atom is 0.341 e. The Morgan fingerprint density at radius 1 is 1.25 bits per heavy atom. The summed E-state index contributed by atoms with van der Waals surface area (Å²) in [6, 6.07) is 7.28. The molecular weight excluding hydrogens is 394 g/mol. The molecule has 2 rings (SSSR count). The lowest BCUT2D eigenvalue weighted by atomic mass is 10.1. The zero-order valence-corrected chi connectivity index (χ0v) is 16.0. The van der Waals surface area contributed by atoms with Crippen LogP contribution in [0.1, 0.15) is 27.7 Å². The van der Waals surface area contributed by atoms with E-state index in [0.717, 1.165) is 14.9 Å². The van der Waals surface area contributed by atoms with Gasteiger partial charge in [0.25, 0.3) is 5.91 Å². The maximum atomic E-state index is 12.2. The molecule has 0 atom stereocenters. The van der Waals surface area contributed by atoms with Crippen LogP contribution in [-0.4, -0.2) is 25.1 Å². The number of para-hydroxylation sites is 1. The van der Waals surface area contributed by atoms with Gasteiger partial charge in [0, 0.05) is 4.88 Å². The molecule has 1 heterocycles. The molecule has 1 aromatic carbocycles. The smallest absolute Gasteiger partial charge is 0.341 e. The van der Waals surface area contributed by atoms with Crippen LogP contribution >= 0.6 is 27.3 Å². The predicted molar refractivity (Wildman–Crippen MR) is 98.0 cm³/mol. The van der Waals surface area contributed by atoms with Crippen molar-refractivity contribution in [2.24, 2.45) is 0 Å². The van der Waals surface area contributed by atoms with E-state index in [1.807, 2.05) is 32.0 Å². The van der Waals surface area contributed by atoms with Gasteiger partial charge in [0.05, 0.1) is 16.6 Å². The van der Waals surface area contributed by atoms with Crippen LogP contribution in [0.4, 0.5) is 5.00 Å². The van der Waals surface area contributed by atoms with E-state index in [9.17, 15) is 9.59 Å². The van der Waals surface area contributed by atoms with E-state index in [-0.39, 0.29) is 19.1 Å². The average Bonchev–Trinajstić information content (AvgIpc) is 2.81. The molecule has 0 saturated carbocycles. The highest BCUT2D eigenvalue weighted by atomic mass is 79.9. The third-order valence-electron chi connectivity index (χ3n) is 3.31. The minimum Gasteiger partial charge on any atom is -0.483 e. The first-order valence-electron chi connectivity index (χ1n) is 7.38. The second kappa shape index (κ2) is 8.30. The topological polar surface area (TPSA) is 64.6 Å². The normalized spacial score (nSPS) is 10.3. The van der Waals surface area contributed by atoms with E-state index in [2.05, 4.69) is 21.2 Å². The van der Waals surface area contributed by atoms with Gasteiger partial charge in [-0.2, -0.15) is 0 Å². The Morgan fingerprint density at radius 3 is 2.62 bits per heavy atom. The summed E-state index contributed by atoms with van der Waals surface area (Å²) in [4.78, 5) is 25.2. The molecule has 0 aliphatic rings. The second-order valence-corrected chi connectivity index (χ2v) is 7.05. The number of thiophene rings is 1. The van der Waals surface area contributed by atoms with Crippen LogP contribution < -0.4 is 10.1 Å². The summed E-state index contributed by atoms with van der Waals surface area (Å²) in [5.74, 6) is -0.185. The monoisotopic (exact) mass is 411 g/mol. The summed E-state index contributed by atoms with van der Waals surface area (Å²) in [6.07, 6.45) is 0. The number of halogens is 1. The van der Waals surface area contributed by atoms with E-state index in [4.69, 9.17) is 9.47 Å². The van der Waals surface area contributed by atoms with Crippen molar-refractivity contribution in [3.63, 3.8) is 0 Å². The fourth-order valence-electron chi connectivity index (χ4n) is 2.03. The van der Waals surface area contributed by atoms with Crippen molar-refractivity contribution in [2.45, 2.75) is 20.8 Å². The average molecular weight is 412 g/mol. The third kappa shape index (κ3) is 4.36. The molecule has 24 heavy (non-hydrogen) atoms. The molecule has 128 valence electrons. The number of amides is 1. The van der Waals surface area contributed by atoms with Crippen LogP contribution in [0.5, 0.6) is 5.75 Å². The van der Waals surface area contributed by atoms with E-state index < -0.39 is 5.97 Å². The molecule has 0 saturated heterocycles. The number of ether oxygens (including phenoxy) is 2. The highest BCUT2D eigenvalue weighted by Crippen LogP contribution is 2.33. The molecular formula is C17H18BrNO4S. The van der Waals surface area contributed by atoms with Gasteiger partial charge in [0.15, 0.2) is 6.61 Å². The Morgan fingerprint density at radius 2 is 1.96 bits per heavy atom. The number of hydrogen-bond acceptors (Lipinski definition) is 5. The summed E-state index contributed by atoms with van der Waals surface area (Å²) < 4.78 is 11.3. The van der Waals surface area contributed by atoms with Gasteiger partial charge in [0.2, 0.25) is 0 Å². The second-order valence-electron chi connectivity index (χ2n) is 4.98. The summed E-state index contributed by atoms with van der Waals surface area (Å²) in [7, 11) is 0. The zero-order chi connectivity index (χ0) is 17.7. The molecule has 0 unspecified atom stereocenters. The first-order valence-corrected chi connectivity index (χ1v) is 8.99. The molecule has 1 aromatic heterocycles. The summed E-state index contributed by atoms with van der Waals surface area (Å²) >= 11 is 4.71. The van der Waals surface area contributed by atoms with Crippen LogP contribution in [0.3, 0.4) is 0 Å². The van der Waals surface area contributed by atoms with Gasteiger partial charge in [-0.15, -0.1) is 11.3 Å². The standard InChI is InChI=1S/C17H18BrNO4S/c1-4-22-17(21)15-10(2)11(3)24-16(15)19-14(20)9-23-13-8-6-5-7-12(13)18/h5-8H,4,9H2,1-3H3,(H,19,20). The first kappa shape index (κ1) is 18.5. The SMILES string of the molecule is CCOC(=O)c1c(NC(=O)COc2ccccc2Br)sc(C)c1C. The Labute approximate surface area is 153 Å². The van der Waals surface area contributed by atoms with E-state index >= 15 is 0 Å². The molecule has 7 heteroatoms. The summed E-state index contributed by atoms with van der Waals surface area (Å²) in [5, 5.41) is 3.23. The number of nitrogens with one attached hydrogen (secondary N) is 1. The molecule has 0 radical (unpaired) electrons. The van der Waals surface area contributed by atoms with Gasteiger partial charge in [-0.1, -0.05) is 12.1 Å². The molecule has 0 spiro atoms. The minimum absolute atomic E-state index is 0.152. The number of carbonyl (C=O) groups is 2. The molecule has 0 aliphatic carbocycles. The van der Waals surface area contributed by atoms with Gasteiger partial charge in [-0.25, -0.2) is 4.79 Å². The molecule has 1 N–H and O–H groups in total. The van der Waals surface area contributed by atoms with Crippen LogP contribution in [0.2, 0.25) is 0 Å². The fraction of sp³-hybridized carbons (Fsp3) is 0.294. The van der Waals surface area contributed by atoms with Crippen LogP contribution in [-0.2, 0) is 9.53 Å². The number of rotatable bonds is 6. The van der Waals surface area contributed by atoms with Crippen LogP contribution in [0.25, 0.3) is 0 Å². The fourth-order valence-corrected chi connectivity index (χ4v) is 3.50.